The summed E-state index contributed by atoms with van der Waals surface area (Å²) in [6, 6.07) is 6.93. The number of rotatable bonds is 2. The second-order valence-corrected chi connectivity index (χ2v) is 2.36. The zero-order valence-corrected chi connectivity index (χ0v) is 12.6. The maximum absolute atomic E-state index is 10.4. The molecule has 3 heteroatoms. The molecule has 0 radical (unpaired) electrons. The summed E-state index contributed by atoms with van der Waals surface area (Å²) in [5.74, 6) is -0.868. The van der Waals surface area contributed by atoms with E-state index in [4.69, 9.17) is 5.11 Å². The predicted molar refractivity (Wildman–Crippen MR) is 42.8 cm³/mol. The molecule has 0 bridgehead atoms. The van der Waals surface area contributed by atoms with Crippen molar-refractivity contribution in [2.24, 2.45) is 0 Å². The molecule has 0 spiro atoms. The molecular formula is C9H10HgO2. The van der Waals surface area contributed by atoms with Crippen molar-refractivity contribution in [2.45, 2.75) is 13.3 Å². The molecule has 0 saturated heterocycles. The molecule has 0 aliphatic rings. The topological polar surface area (TPSA) is 37.3 Å². The molecule has 0 atom stereocenters. The maximum Gasteiger partial charge on any atom is 0.335 e. The van der Waals surface area contributed by atoms with Gasteiger partial charge in [0.1, 0.15) is 0 Å². The van der Waals surface area contributed by atoms with E-state index in [2.05, 4.69) is 0 Å². The normalized spacial score (nSPS) is 8.75. The van der Waals surface area contributed by atoms with Gasteiger partial charge in [0.2, 0.25) is 0 Å². The minimum Gasteiger partial charge on any atom is -0.478 e. The van der Waals surface area contributed by atoms with Crippen molar-refractivity contribution in [1.29, 1.82) is 0 Å². The van der Waals surface area contributed by atoms with Crippen LogP contribution in [0.4, 0.5) is 0 Å². The summed E-state index contributed by atoms with van der Waals surface area (Å²) in [6.07, 6.45) is 0.944. The molecule has 60 valence electrons. The molecule has 0 aliphatic carbocycles. The summed E-state index contributed by atoms with van der Waals surface area (Å²) in [4.78, 5) is 10.4. The average Bonchev–Trinajstić information content (AvgIpc) is 2.05. The first-order valence-electron chi connectivity index (χ1n) is 3.56. The van der Waals surface area contributed by atoms with Gasteiger partial charge in [-0.05, 0) is 24.1 Å². The Balaban J connectivity index is 0.00000121. The summed E-state index contributed by atoms with van der Waals surface area (Å²) in [5.41, 5.74) is 1.51. The Bertz CT molecular complexity index is 254. The molecule has 1 aromatic rings. The predicted octanol–water partition coefficient (Wildman–Crippen LogP) is 1.94. The number of hydrogen-bond donors (Lipinski definition) is 1. The molecule has 0 fully saturated rings. The van der Waals surface area contributed by atoms with E-state index in [0.717, 1.165) is 12.0 Å². The van der Waals surface area contributed by atoms with Gasteiger partial charge >= 0.3 is 5.97 Å². The quantitative estimate of drug-likeness (QED) is 0.828. The van der Waals surface area contributed by atoms with Gasteiger partial charge in [0.25, 0.3) is 0 Å². The van der Waals surface area contributed by atoms with Gasteiger partial charge in [0, 0.05) is 27.7 Å². The maximum atomic E-state index is 10.4. The molecule has 1 N–H and O–H groups in total. The fraction of sp³-hybridized carbons (Fsp3) is 0.222. The van der Waals surface area contributed by atoms with Crippen LogP contribution >= 0.6 is 0 Å². The Morgan fingerprint density at radius 3 is 2.17 bits per heavy atom. The van der Waals surface area contributed by atoms with E-state index in [1.807, 2.05) is 19.1 Å². The molecule has 2 nitrogen and oxygen atoms in total. The van der Waals surface area contributed by atoms with Crippen LogP contribution in [0.2, 0.25) is 0 Å². The summed E-state index contributed by atoms with van der Waals surface area (Å²) < 4.78 is 0. The first kappa shape index (κ1) is 11.6. The van der Waals surface area contributed by atoms with Crippen LogP contribution in [0, 0.1) is 0 Å². The van der Waals surface area contributed by atoms with Crippen LogP contribution < -0.4 is 0 Å². The van der Waals surface area contributed by atoms with Gasteiger partial charge in [-0.25, -0.2) is 4.79 Å². The molecule has 0 aliphatic heterocycles. The molecule has 12 heavy (non-hydrogen) atoms. The van der Waals surface area contributed by atoms with Crippen LogP contribution in [0.5, 0.6) is 0 Å². The first-order chi connectivity index (χ1) is 5.24. The summed E-state index contributed by atoms with van der Waals surface area (Å²) in [6.45, 7) is 2.04. The fourth-order valence-corrected chi connectivity index (χ4v) is 0.883. The van der Waals surface area contributed by atoms with E-state index in [1.54, 1.807) is 12.1 Å². The van der Waals surface area contributed by atoms with E-state index in [0.29, 0.717) is 5.56 Å². The van der Waals surface area contributed by atoms with Gasteiger partial charge in [0.05, 0.1) is 5.56 Å². The number of hydrogen-bond acceptors (Lipinski definition) is 1. The molecule has 0 saturated carbocycles. The Morgan fingerprint density at radius 2 is 1.83 bits per heavy atom. The third-order valence-electron chi connectivity index (χ3n) is 1.61. The van der Waals surface area contributed by atoms with Crippen LogP contribution in [0.25, 0.3) is 0 Å². The SMILES string of the molecule is CCc1ccc(C(=O)O)cc1.[Hg]. The van der Waals surface area contributed by atoms with Gasteiger partial charge in [-0.2, -0.15) is 0 Å². The van der Waals surface area contributed by atoms with Crippen molar-refractivity contribution in [2.75, 3.05) is 0 Å². The second-order valence-electron chi connectivity index (χ2n) is 2.36. The molecule has 1 aromatic carbocycles. The number of benzene rings is 1. The van der Waals surface area contributed by atoms with Crippen molar-refractivity contribution in [3.8, 4) is 0 Å². The summed E-state index contributed by atoms with van der Waals surface area (Å²) in [5, 5.41) is 8.55. The van der Waals surface area contributed by atoms with Gasteiger partial charge < -0.3 is 5.11 Å². The minimum atomic E-state index is -0.868. The zero-order chi connectivity index (χ0) is 8.27. The van der Waals surface area contributed by atoms with Gasteiger partial charge in [-0.1, -0.05) is 19.1 Å². The van der Waals surface area contributed by atoms with Crippen molar-refractivity contribution >= 4 is 5.97 Å². The van der Waals surface area contributed by atoms with E-state index in [-0.39, 0.29) is 27.7 Å². The van der Waals surface area contributed by atoms with Gasteiger partial charge in [0.15, 0.2) is 0 Å². The van der Waals surface area contributed by atoms with Crippen LogP contribution in [0.3, 0.4) is 0 Å². The second kappa shape index (κ2) is 5.30. The van der Waals surface area contributed by atoms with Crippen LogP contribution in [-0.2, 0) is 34.1 Å². The van der Waals surface area contributed by atoms with Crippen LogP contribution in [-0.4, -0.2) is 11.1 Å². The molecule has 0 unspecified atom stereocenters. The van der Waals surface area contributed by atoms with Crippen LogP contribution in [0.15, 0.2) is 24.3 Å². The van der Waals surface area contributed by atoms with E-state index < -0.39 is 5.97 Å². The van der Waals surface area contributed by atoms with E-state index >= 15 is 0 Å². The molecule has 1 rings (SSSR count). The Labute approximate surface area is 92.1 Å². The number of carboxylic acid groups (broad SMARTS) is 1. The zero-order valence-electron chi connectivity index (χ0n) is 7.08. The van der Waals surface area contributed by atoms with Crippen molar-refractivity contribution in [3.05, 3.63) is 35.4 Å². The van der Waals surface area contributed by atoms with E-state index in [9.17, 15) is 4.79 Å². The molecular weight excluding hydrogens is 341 g/mol. The standard InChI is InChI=1S/C9H10O2.Hg/c1-2-7-3-5-8(6-4-7)9(10)11;/h3-6H,2H2,1H3,(H,10,11);. The first-order valence-corrected chi connectivity index (χ1v) is 3.56. The van der Waals surface area contributed by atoms with Gasteiger partial charge in [-0.15, -0.1) is 0 Å². The Kier molecular flexibility index (Phi) is 5.14. The number of aryl methyl sites for hydroxylation is 1. The Morgan fingerprint density at radius 1 is 1.33 bits per heavy atom. The Hall–Kier alpha value is -0.375. The van der Waals surface area contributed by atoms with Gasteiger partial charge in [-0.3, -0.25) is 0 Å². The van der Waals surface area contributed by atoms with Crippen molar-refractivity contribution < 1.29 is 37.6 Å². The monoisotopic (exact) mass is 352 g/mol. The minimum absolute atomic E-state index is 0. The molecule has 0 amide bonds. The van der Waals surface area contributed by atoms with Crippen molar-refractivity contribution in [3.63, 3.8) is 0 Å². The summed E-state index contributed by atoms with van der Waals surface area (Å²) in [7, 11) is 0. The third kappa shape index (κ3) is 2.93. The fourth-order valence-electron chi connectivity index (χ4n) is 0.883. The number of carbonyl (C=O) groups is 1. The van der Waals surface area contributed by atoms with Crippen LogP contribution in [0.1, 0.15) is 22.8 Å². The van der Waals surface area contributed by atoms with Crippen molar-refractivity contribution in [1.82, 2.24) is 0 Å². The average molecular weight is 351 g/mol. The molecule has 0 heterocycles. The van der Waals surface area contributed by atoms with E-state index in [1.165, 1.54) is 0 Å². The summed E-state index contributed by atoms with van der Waals surface area (Å²) >= 11 is 0. The number of aromatic carboxylic acids is 1. The third-order valence-corrected chi connectivity index (χ3v) is 1.61. The largest absolute Gasteiger partial charge is 0.478 e. The smallest absolute Gasteiger partial charge is 0.335 e. The molecule has 0 aromatic heterocycles. The number of carboxylic acids is 1.